The molecule has 0 radical (unpaired) electrons. The maximum Gasteiger partial charge on any atom is 1.00 e. The van der Waals surface area contributed by atoms with Crippen LogP contribution in [-0.4, -0.2) is 49.6 Å². The Bertz CT molecular complexity index is 621. The summed E-state index contributed by atoms with van der Waals surface area (Å²) in [5.74, 6) is -0.0308. The number of hydrogen-bond acceptors (Lipinski definition) is 9. The summed E-state index contributed by atoms with van der Waals surface area (Å²) in [5, 5.41) is 19.6. The van der Waals surface area contributed by atoms with Gasteiger partial charge in [-0.1, -0.05) is 0 Å². The van der Waals surface area contributed by atoms with E-state index in [4.69, 9.17) is 15.4 Å². The Balaban J connectivity index is 0.00000242. The van der Waals surface area contributed by atoms with E-state index in [1.54, 1.807) is 0 Å². The van der Waals surface area contributed by atoms with Crippen LogP contribution >= 0.6 is 7.82 Å². The Labute approximate surface area is 166 Å². The van der Waals surface area contributed by atoms with Crippen LogP contribution in [0.15, 0.2) is 17.1 Å². The van der Waals surface area contributed by atoms with Gasteiger partial charge in [0.2, 0.25) is 0 Å². The summed E-state index contributed by atoms with van der Waals surface area (Å²) < 4.78 is 20.7. The smallest absolute Gasteiger partial charge is 0.756 e. The van der Waals surface area contributed by atoms with Crippen molar-refractivity contribution < 1.29 is 85.2 Å². The van der Waals surface area contributed by atoms with Crippen molar-refractivity contribution in [2.45, 2.75) is 24.5 Å². The van der Waals surface area contributed by atoms with Crippen LogP contribution in [0.3, 0.4) is 0 Å². The summed E-state index contributed by atoms with van der Waals surface area (Å²) in [4.78, 5) is 34.1. The quantitative estimate of drug-likeness (QED) is 0.298. The zero-order valence-electron chi connectivity index (χ0n) is 11.5. The standard InChI is InChI=1S/C9H14N3O8P.K/c10-5-1-2-12(9(15)11-5)8-7(14)6(13)4(20-8)3-19-21(16,17)18;/h1-2,4,6-8,13-14H,3H2,(H2,10,11,15)(H2,16,17,18);/q;+1/p-1/t4-,6-,7-,8-;/m1./s1. The molecule has 1 aromatic rings. The zero-order chi connectivity index (χ0) is 15.8. The van der Waals surface area contributed by atoms with E-state index in [2.05, 4.69) is 9.51 Å². The van der Waals surface area contributed by atoms with Crippen molar-refractivity contribution in [3.8, 4) is 0 Å². The number of nitrogen functional groups attached to an aromatic ring is 1. The molecule has 0 bridgehead atoms. The second-order valence-corrected chi connectivity index (χ2v) is 5.55. The number of hydrogen-bond donors (Lipinski definition) is 4. The van der Waals surface area contributed by atoms with Gasteiger partial charge in [-0.3, -0.25) is 9.13 Å². The number of ether oxygens (including phenoxy) is 1. The van der Waals surface area contributed by atoms with E-state index in [0.717, 1.165) is 4.57 Å². The van der Waals surface area contributed by atoms with Crippen molar-refractivity contribution >= 4 is 13.6 Å². The average molecular weight is 361 g/mol. The van der Waals surface area contributed by atoms with Crippen molar-refractivity contribution in [3.63, 3.8) is 0 Å². The maximum absolute atomic E-state index is 11.6. The van der Waals surface area contributed by atoms with Crippen LogP contribution in [-0.2, 0) is 13.8 Å². The van der Waals surface area contributed by atoms with E-state index in [1.165, 1.54) is 12.3 Å². The molecule has 0 saturated carbocycles. The van der Waals surface area contributed by atoms with E-state index in [-0.39, 0.29) is 57.2 Å². The molecule has 1 saturated heterocycles. The fourth-order valence-corrected chi connectivity index (χ4v) is 2.22. The third-order valence-corrected chi connectivity index (χ3v) is 3.34. The molecular weight excluding hydrogens is 348 g/mol. The first-order chi connectivity index (χ1) is 9.69. The third kappa shape index (κ3) is 4.90. The van der Waals surface area contributed by atoms with Crippen molar-refractivity contribution in [1.82, 2.24) is 9.55 Å². The Morgan fingerprint density at radius 2 is 2.14 bits per heavy atom. The second-order valence-electron chi connectivity index (χ2n) is 4.35. The molecule has 1 aliphatic rings. The van der Waals surface area contributed by atoms with E-state index < -0.39 is 44.7 Å². The SMILES string of the molecule is Nc1ccn([C@@H]2O[C@H](COP(=O)([O-])O)[C@@H](O)[C@H]2O)c(=O)n1.[K+]. The fraction of sp³-hybridized carbons (Fsp3) is 0.556. The first-order valence-corrected chi connectivity index (χ1v) is 7.23. The number of aliphatic hydroxyl groups excluding tert-OH is 2. The number of aromatic nitrogens is 2. The van der Waals surface area contributed by atoms with E-state index in [1.807, 2.05) is 0 Å². The molecule has 5 N–H and O–H groups in total. The first kappa shape index (κ1) is 20.4. The molecule has 11 nitrogen and oxygen atoms in total. The second kappa shape index (κ2) is 7.92. The minimum Gasteiger partial charge on any atom is -0.756 e. The van der Waals surface area contributed by atoms with Crippen molar-refractivity contribution in [2.24, 2.45) is 0 Å². The Morgan fingerprint density at radius 3 is 2.68 bits per heavy atom. The number of anilines is 1. The van der Waals surface area contributed by atoms with Crippen LogP contribution in [0, 0.1) is 0 Å². The minimum atomic E-state index is -4.99. The summed E-state index contributed by atoms with van der Waals surface area (Å²) in [5.41, 5.74) is 4.50. The van der Waals surface area contributed by atoms with Gasteiger partial charge in [0.05, 0.1) is 6.61 Å². The predicted octanol–water partition coefficient (Wildman–Crippen LogP) is -6.07. The molecule has 0 spiro atoms. The summed E-state index contributed by atoms with van der Waals surface area (Å²) >= 11 is 0. The van der Waals surface area contributed by atoms with Crippen LogP contribution in [0.4, 0.5) is 5.82 Å². The van der Waals surface area contributed by atoms with Gasteiger partial charge in [-0.2, -0.15) is 4.98 Å². The van der Waals surface area contributed by atoms with Crippen molar-refractivity contribution in [2.75, 3.05) is 12.3 Å². The molecule has 0 aromatic carbocycles. The fourth-order valence-electron chi connectivity index (χ4n) is 1.88. The topological polar surface area (TPSA) is 180 Å². The monoisotopic (exact) mass is 361 g/mol. The molecule has 2 heterocycles. The largest absolute Gasteiger partial charge is 1.00 e. The normalized spacial score (nSPS) is 30.5. The van der Waals surface area contributed by atoms with Gasteiger partial charge in [-0.25, -0.2) is 4.79 Å². The first-order valence-electron chi connectivity index (χ1n) is 5.73. The van der Waals surface area contributed by atoms with Crippen molar-refractivity contribution in [1.29, 1.82) is 0 Å². The van der Waals surface area contributed by atoms with Gasteiger partial charge in [-0.15, -0.1) is 0 Å². The van der Waals surface area contributed by atoms with Crippen LogP contribution in [0.5, 0.6) is 0 Å². The number of phosphoric ester groups is 1. The number of nitrogens with zero attached hydrogens (tertiary/aromatic N) is 2. The molecule has 5 atom stereocenters. The molecule has 1 aliphatic heterocycles. The molecule has 22 heavy (non-hydrogen) atoms. The van der Waals surface area contributed by atoms with Gasteiger partial charge < -0.3 is 35.0 Å². The van der Waals surface area contributed by atoms with Gasteiger partial charge in [-0.05, 0) is 6.07 Å². The molecule has 118 valence electrons. The average Bonchev–Trinajstić information content (AvgIpc) is 2.64. The molecule has 1 unspecified atom stereocenters. The van der Waals surface area contributed by atoms with E-state index in [0.29, 0.717) is 0 Å². The van der Waals surface area contributed by atoms with Gasteiger partial charge in [0.1, 0.15) is 24.1 Å². The van der Waals surface area contributed by atoms with Crippen LogP contribution in [0.1, 0.15) is 6.23 Å². The van der Waals surface area contributed by atoms with Gasteiger partial charge in [0.15, 0.2) is 6.23 Å². The Kier molecular flexibility index (Phi) is 7.33. The Morgan fingerprint density at radius 1 is 1.50 bits per heavy atom. The number of rotatable bonds is 4. The summed E-state index contributed by atoms with van der Waals surface area (Å²) in [6.45, 7) is -0.719. The summed E-state index contributed by atoms with van der Waals surface area (Å²) in [6, 6.07) is 1.28. The maximum atomic E-state index is 11.6. The third-order valence-electron chi connectivity index (χ3n) is 2.86. The van der Waals surface area contributed by atoms with Gasteiger partial charge in [0, 0.05) is 6.20 Å². The number of nitrogens with two attached hydrogens (primary N) is 1. The molecule has 0 amide bonds. The molecular formula is C9H13KN3O8P. The van der Waals surface area contributed by atoms with Crippen molar-refractivity contribution in [3.05, 3.63) is 22.7 Å². The summed E-state index contributed by atoms with van der Waals surface area (Å²) in [6.07, 6.45) is -4.39. The van der Waals surface area contributed by atoms with Gasteiger partial charge in [0.25, 0.3) is 7.82 Å². The molecule has 1 aromatic heterocycles. The molecule has 2 rings (SSSR count). The zero-order valence-corrected chi connectivity index (χ0v) is 15.5. The number of aliphatic hydroxyl groups is 2. The van der Waals surface area contributed by atoms with E-state index in [9.17, 15) is 24.5 Å². The van der Waals surface area contributed by atoms with Crippen LogP contribution in [0.25, 0.3) is 0 Å². The molecule has 1 fully saturated rings. The van der Waals surface area contributed by atoms with Crippen LogP contribution in [0.2, 0.25) is 0 Å². The predicted molar refractivity (Wildman–Crippen MR) is 64.6 cm³/mol. The minimum absolute atomic E-state index is 0. The Hall–Kier alpha value is 0.306. The van der Waals surface area contributed by atoms with Crippen LogP contribution < -0.4 is 67.7 Å². The molecule has 0 aliphatic carbocycles. The summed E-state index contributed by atoms with van der Waals surface area (Å²) in [7, 11) is -4.99. The van der Waals surface area contributed by atoms with Gasteiger partial charge >= 0.3 is 57.1 Å². The number of phosphoric acid groups is 1. The molecule has 13 heteroatoms. The van der Waals surface area contributed by atoms with E-state index >= 15 is 0 Å².